The smallest absolute Gasteiger partial charge is 0.293 e. The van der Waals surface area contributed by atoms with Gasteiger partial charge >= 0.3 is 0 Å². The van der Waals surface area contributed by atoms with Gasteiger partial charge in [-0.1, -0.05) is 28.1 Å². The van der Waals surface area contributed by atoms with Crippen LogP contribution in [-0.2, 0) is 11.3 Å². The van der Waals surface area contributed by atoms with Crippen LogP contribution in [0.4, 0.5) is 9.18 Å². The first-order valence-electron chi connectivity index (χ1n) is 7.45. The van der Waals surface area contributed by atoms with E-state index in [0.717, 1.165) is 16.7 Å². The molecule has 0 spiro atoms. The Morgan fingerprint density at radius 3 is 2.62 bits per heavy atom. The summed E-state index contributed by atoms with van der Waals surface area (Å²) in [6, 6.07) is 8.64. The predicted octanol–water partition coefficient (Wildman–Crippen LogP) is 4.54. The van der Waals surface area contributed by atoms with Crippen molar-refractivity contribution in [2.24, 2.45) is 0 Å². The van der Waals surface area contributed by atoms with Gasteiger partial charge in [0.25, 0.3) is 11.1 Å². The lowest BCUT2D eigenvalue weighted by Crippen LogP contribution is -2.27. The molecule has 0 atom stereocenters. The van der Waals surface area contributed by atoms with E-state index >= 15 is 0 Å². The molecule has 8 heteroatoms. The third kappa shape index (κ3) is 3.76. The zero-order chi connectivity index (χ0) is 18.8. The van der Waals surface area contributed by atoms with Crippen LogP contribution in [0.15, 0.2) is 45.8 Å². The summed E-state index contributed by atoms with van der Waals surface area (Å²) in [6.45, 7) is 0.0718. The van der Waals surface area contributed by atoms with Crippen molar-refractivity contribution in [1.29, 1.82) is 0 Å². The van der Waals surface area contributed by atoms with Gasteiger partial charge in [0.15, 0.2) is 11.5 Å². The summed E-state index contributed by atoms with van der Waals surface area (Å²) in [5, 5.41) is 9.36. The minimum atomic E-state index is -0.428. The van der Waals surface area contributed by atoms with E-state index in [0.29, 0.717) is 15.6 Å². The summed E-state index contributed by atoms with van der Waals surface area (Å²) < 4.78 is 18.6. The summed E-state index contributed by atoms with van der Waals surface area (Å²) in [6.07, 6.45) is 1.56. The Labute approximate surface area is 161 Å². The first-order valence-corrected chi connectivity index (χ1v) is 9.06. The first-order chi connectivity index (χ1) is 12.4. The number of rotatable bonds is 4. The molecule has 0 aliphatic carbocycles. The van der Waals surface area contributed by atoms with Crippen molar-refractivity contribution in [3.8, 4) is 11.5 Å². The zero-order valence-corrected chi connectivity index (χ0v) is 15.9. The molecular formula is C18H13BrFNO4S. The van der Waals surface area contributed by atoms with Crippen LogP contribution in [-0.4, -0.2) is 28.3 Å². The lowest BCUT2D eigenvalue weighted by Gasteiger charge is -2.12. The third-order valence-electron chi connectivity index (χ3n) is 3.71. The fraction of sp³-hybridized carbons (Fsp3) is 0.111. The number of ether oxygens (including phenoxy) is 1. The number of hydrogen-bond acceptors (Lipinski definition) is 5. The zero-order valence-electron chi connectivity index (χ0n) is 13.5. The molecule has 26 heavy (non-hydrogen) atoms. The second-order valence-corrected chi connectivity index (χ2v) is 7.29. The molecule has 2 amide bonds. The number of methoxy groups -OCH3 is 1. The average molecular weight is 438 g/mol. The monoisotopic (exact) mass is 437 g/mol. The van der Waals surface area contributed by atoms with Crippen molar-refractivity contribution in [3.63, 3.8) is 0 Å². The van der Waals surface area contributed by atoms with Crippen molar-refractivity contribution in [3.05, 3.63) is 62.7 Å². The summed E-state index contributed by atoms with van der Waals surface area (Å²) in [7, 11) is 1.42. The molecule has 5 nitrogen and oxygen atoms in total. The van der Waals surface area contributed by atoms with Crippen LogP contribution in [0.25, 0.3) is 6.08 Å². The maximum absolute atomic E-state index is 13.0. The molecule has 0 bridgehead atoms. The van der Waals surface area contributed by atoms with E-state index in [-0.39, 0.29) is 28.8 Å². The number of aromatic hydroxyl groups is 1. The number of nitrogens with zero attached hydrogens (tertiary/aromatic N) is 1. The number of phenols is 1. The highest BCUT2D eigenvalue weighted by molar-refractivity contribution is 9.10. The molecule has 0 radical (unpaired) electrons. The van der Waals surface area contributed by atoms with Gasteiger partial charge in [-0.25, -0.2) is 4.39 Å². The number of carbonyl (C=O) groups excluding carboxylic acids is 2. The minimum absolute atomic E-state index is 0.0408. The Morgan fingerprint density at radius 1 is 1.27 bits per heavy atom. The molecule has 134 valence electrons. The van der Waals surface area contributed by atoms with Crippen molar-refractivity contribution < 1.29 is 23.8 Å². The number of carbonyl (C=O) groups is 2. The van der Waals surface area contributed by atoms with E-state index in [2.05, 4.69) is 15.9 Å². The largest absolute Gasteiger partial charge is 0.504 e. The van der Waals surface area contributed by atoms with Crippen LogP contribution < -0.4 is 4.74 Å². The Hall–Kier alpha value is -2.32. The molecule has 2 aromatic carbocycles. The number of benzene rings is 2. The quantitative estimate of drug-likeness (QED) is 0.711. The van der Waals surface area contributed by atoms with Gasteiger partial charge in [0, 0.05) is 4.47 Å². The van der Waals surface area contributed by atoms with Gasteiger partial charge in [-0.15, -0.1) is 0 Å². The molecule has 1 saturated heterocycles. The van der Waals surface area contributed by atoms with Crippen molar-refractivity contribution in [2.75, 3.05) is 7.11 Å². The normalized spacial score (nSPS) is 15.8. The first kappa shape index (κ1) is 18.5. The van der Waals surface area contributed by atoms with E-state index < -0.39 is 11.1 Å². The maximum Gasteiger partial charge on any atom is 0.293 e. The second kappa shape index (κ2) is 7.51. The Balaban J connectivity index is 1.86. The van der Waals surface area contributed by atoms with Crippen LogP contribution in [0.3, 0.4) is 0 Å². The number of thioether (sulfide) groups is 1. The van der Waals surface area contributed by atoms with E-state index in [1.54, 1.807) is 12.1 Å². The number of hydrogen-bond donors (Lipinski definition) is 1. The molecule has 0 aromatic heterocycles. The van der Waals surface area contributed by atoms with Crippen molar-refractivity contribution in [1.82, 2.24) is 4.90 Å². The number of amides is 2. The van der Waals surface area contributed by atoms with Gasteiger partial charge in [0.05, 0.1) is 18.6 Å². The summed E-state index contributed by atoms with van der Waals surface area (Å²) in [4.78, 5) is 26.1. The summed E-state index contributed by atoms with van der Waals surface area (Å²) in [5.74, 6) is -0.594. The summed E-state index contributed by atoms with van der Waals surface area (Å²) in [5.41, 5.74) is 1.24. The van der Waals surface area contributed by atoms with Crippen LogP contribution >= 0.6 is 27.7 Å². The standard InChI is InChI=1S/C18H13BrFNO4S/c1-25-15-6-11(13(19)8-14(15)22)7-16-17(23)21(18(24)26-16)9-10-2-4-12(20)5-3-10/h2-8,22H,9H2,1H3/b16-7-. The molecule has 2 aromatic rings. The van der Waals surface area contributed by atoms with Gasteiger partial charge in [0.2, 0.25) is 0 Å². The number of phenolic OH excluding ortho intramolecular Hbond substituents is 1. The molecule has 1 N–H and O–H groups in total. The van der Waals surface area contributed by atoms with E-state index in [9.17, 15) is 19.1 Å². The Morgan fingerprint density at radius 2 is 1.96 bits per heavy atom. The van der Waals surface area contributed by atoms with E-state index in [1.165, 1.54) is 37.4 Å². The molecule has 3 rings (SSSR count). The number of imide groups is 1. The topological polar surface area (TPSA) is 66.8 Å². The highest BCUT2D eigenvalue weighted by Crippen LogP contribution is 2.37. The lowest BCUT2D eigenvalue weighted by atomic mass is 10.1. The molecule has 1 heterocycles. The molecule has 0 unspecified atom stereocenters. The van der Waals surface area contributed by atoms with Crippen LogP contribution in [0.2, 0.25) is 0 Å². The highest BCUT2D eigenvalue weighted by atomic mass is 79.9. The van der Waals surface area contributed by atoms with E-state index in [4.69, 9.17) is 4.74 Å². The SMILES string of the molecule is COc1cc(/C=C2\SC(=O)N(Cc3ccc(F)cc3)C2=O)c(Br)cc1O. The summed E-state index contributed by atoms with van der Waals surface area (Å²) >= 11 is 4.14. The van der Waals surface area contributed by atoms with Crippen LogP contribution in [0.5, 0.6) is 11.5 Å². The van der Waals surface area contributed by atoms with Gasteiger partial charge < -0.3 is 9.84 Å². The predicted molar refractivity (Wildman–Crippen MR) is 100 cm³/mol. The third-order valence-corrected chi connectivity index (χ3v) is 5.31. The molecule has 1 fully saturated rings. The fourth-order valence-corrected chi connectivity index (χ4v) is 3.66. The van der Waals surface area contributed by atoms with Gasteiger partial charge in [-0.2, -0.15) is 0 Å². The van der Waals surface area contributed by atoms with Crippen LogP contribution in [0, 0.1) is 5.82 Å². The van der Waals surface area contributed by atoms with E-state index in [1.807, 2.05) is 0 Å². The number of halogens is 2. The maximum atomic E-state index is 13.0. The van der Waals surface area contributed by atoms with Gasteiger partial charge in [-0.3, -0.25) is 14.5 Å². The van der Waals surface area contributed by atoms with Gasteiger partial charge in [0.1, 0.15) is 5.82 Å². The Kier molecular flexibility index (Phi) is 5.33. The van der Waals surface area contributed by atoms with Gasteiger partial charge in [-0.05, 0) is 53.2 Å². The lowest BCUT2D eigenvalue weighted by molar-refractivity contribution is -0.123. The molecule has 1 aliphatic heterocycles. The molecular weight excluding hydrogens is 425 g/mol. The second-order valence-electron chi connectivity index (χ2n) is 5.44. The van der Waals surface area contributed by atoms with Crippen LogP contribution in [0.1, 0.15) is 11.1 Å². The highest BCUT2D eigenvalue weighted by Gasteiger charge is 2.35. The average Bonchev–Trinajstić information content (AvgIpc) is 2.86. The van der Waals surface area contributed by atoms with Crippen molar-refractivity contribution >= 4 is 44.9 Å². The fourth-order valence-electron chi connectivity index (χ4n) is 2.38. The Bertz CT molecular complexity index is 914. The molecule has 1 aliphatic rings. The minimum Gasteiger partial charge on any atom is -0.504 e. The van der Waals surface area contributed by atoms with Crippen molar-refractivity contribution in [2.45, 2.75) is 6.54 Å². The molecule has 0 saturated carbocycles.